The summed E-state index contributed by atoms with van der Waals surface area (Å²) in [6.07, 6.45) is 1.89. The van der Waals surface area contributed by atoms with Gasteiger partial charge in [-0.2, -0.15) is 0 Å². The maximum atomic E-state index is 13.4. The number of benzene rings is 2. The molecule has 1 aliphatic heterocycles. The van der Waals surface area contributed by atoms with Crippen LogP contribution in [0.4, 0.5) is 5.69 Å². The molecule has 0 radical (unpaired) electrons. The van der Waals surface area contributed by atoms with Crippen molar-refractivity contribution < 1.29 is 14.3 Å². The lowest BCUT2D eigenvalue weighted by molar-refractivity contribution is -0.139. The Kier molecular flexibility index (Phi) is 6.65. The summed E-state index contributed by atoms with van der Waals surface area (Å²) in [6, 6.07) is 18.1. The highest BCUT2D eigenvalue weighted by atomic mass is 16.5. The van der Waals surface area contributed by atoms with E-state index in [1.165, 1.54) is 0 Å². The third kappa shape index (κ3) is 4.93. The summed E-state index contributed by atoms with van der Waals surface area (Å²) in [6.45, 7) is 6.43. The fourth-order valence-corrected chi connectivity index (χ4v) is 4.99. The van der Waals surface area contributed by atoms with Crippen LogP contribution in [0.5, 0.6) is 0 Å². The third-order valence-electron chi connectivity index (χ3n) is 6.67. The number of Topliss-reactive ketones (excluding diaryl/α,β-unsaturated/α-hetero) is 1. The van der Waals surface area contributed by atoms with Crippen LogP contribution in [0.2, 0.25) is 0 Å². The molecule has 1 N–H and O–H groups in total. The molecular formula is C29H34N2O3. The second-order valence-corrected chi connectivity index (χ2v) is 10.3. The molecule has 0 bridgehead atoms. The Morgan fingerprint density at radius 1 is 1.06 bits per heavy atom. The van der Waals surface area contributed by atoms with Crippen molar-refractivity contribution in [1.82, 2.24) is 5.32 Å². The first-order chi connectivity index (χ1) is 16.2. The zero-order chi connectivity index (χ0) is 24.5. The Morgan fingerprint density at radius 3 is 2.38 bits per heavy atom. The fraction of sp³-hybridized carbons (Fsp3) is 0.379. The molecule has 1 unspecified atom stereocenters. The van der Waals surface area contributed by atoms with Gasteiger partial charge in [0, 0.05) is 55.5 Å². The predicted octanol–water partition coefficient (Wildman–Crippen LogP) is 5.14. The average Bonchev–Trinajstić information content (AvgIpc) is 2.78. The van der Waals surface area contributed by atoms with Gasteiger partial charge in [0.25, 0.3) is 0 Å². The second kappa shape index (κ2) is 9.49. The van der Waals surface area contributed by atoms with E-state index in [-0.39, 0.29) is 17.2 Å². The highest BCUT2D eigenvalue weighted by molar-refractivity contribution is 6.04. The van der Waals surface area contributed by atoms with Crippen molar-refractivity contribution in [2.75, 3.05) is 25.6 Å². The number of dihydropyridines is 1. The number of carbonyl (C=O) groups excluding carboxylic acids is 2. The van der Waals surface area contributed by atoms with E-state index in [9.17, 15) is 9.59 Å². The fourth-order valence-electron chi connectivity index (χ4n) is 4.99. The van der Waals surface area contributed by atoms with E-state index in [4.69, 9.17) is 4.74 Å². The molecule has 0 saturated carbocycles. The first-order valence-corrected chi connectivity index (χ1v) is 11.9. The number of allylic oxidation sites excluding steroid dienone is 3. The number of ketones is 1. The van der Waals surface area contributed by atoms with Gasteiger partial charge in [-0.05, 0) is 42.0 Å². The Labute approximate surface area is 202 Å². The predicted molar refractivity (Wildman–Crippen MR) is 135 cm³/mol. The summed E-state index contributed by atoms with van der Waals surface area (Å²) < 4.78 is 5.75. The molecule has 1 aliphatic carbocycles. The molecule has 178 valence electrons. The Balaban J connectivity index is 1.67. The molecule has 4 rings (SSSR count). The largest absolute Gasteiger partial charge is 0.462 e. The first-order valence-electron chi connectivity index (χ1n) is 11.9. The van der Waals surface area contributed by atoms with Gasteiger partial charge in [-0.1, -0.05) is 56.3 Å². The van der Waals surface area contributed by atoms with E-state index in [0.29, 0.717) is 30.6 Å². The summed E-state index contributed by atoms with van der Waals surface area (Å²) in [4.78, 5) is 28.8. The Morgan fingerprint density at radius 2 is 1.74 bits per heavy atom. The number of ether oxygens (including phenoxy) is 1. The highest BCUT2D eigenvalue weighted by Crippen LogP contribution is 2.46. The van der Waals surface area contributed by atoms with Crippen LogP contribution in [0.1, 0.15) is 50.7 Å². The van der Waals surface area contributed by atoms with E-state index in [1.807, 2.05) is 80.5 Å². The van der Waals surface area contributed by atoms with Gasteiger partial charge in [0.1, 0.15) is 0 Å². The van der Waals surface area contributed by atoms with Crippen LogP contribution in [0.25, 0.3) is 0 Å². The van der Waals surface area contributed by atoms with E-state index < -0.39 is 5.92 Å². The van der Waals surface area contributed by atoms with Gasteiger partial charge < -0.3 is 15.0 Å². The molecule has 1 atom stereocenters. The molecular weight excluding hydrogens is 424 g/mol. The van der Waals surface area contributed by atoms with Gasteiger partial charge in [0.15, 0.2) is 5.78 Å². The number of nitrogens with zero attached hydrogens (tertiary/aromatic N) is 1. The van der Waals surface area contributed by atoms with Crippen molar-refractivity contribution in [1.29, 1.82) is 0 Å². The van der Waals surface area contributed by atoms with Crippen molar-refractivity contribution in [3.05, 3.63) is 88.3 Å². The SMILES string of the molecule is CC1=C(C(=O)OCCc2ccccc2)C(c2ccc(N(C)C)cc2)C2=C(CC(C)(C)CC2=O)N1. The molecule has 34 heavy (non-hydrogen) atoms. The minimum Gasteiger partial charge on any atom is -0.462 e. The number of anilines is 1. The van der Waals surface area contributed by atoms with Gasteiger partial charge >= 0.3 is 5.97 Å². The molecule has 2 aromatic carbocycles. The molecule has 5 heteroatoms. The van der Waals surface area contributed by atoms with Crippen molar-refractivity contribution in [2.24, 2.45) is 5.41 Å². The van der Waals surface area contributed by atoms with Crippen molar-refractivity contribution in [3.63, 3.8) is 0 Å². The number of rotatable bonds is 6. The highest BCUT2D eigenvalue weighted by Gasteiger charge is 2.43. The molecule has 1 heterocycles. The van der Waals surface area contributed by atoms with Gasteiger partial charge in [0.05, 0.1) is 12.2 Å². The van der Waals surface area contributed by atoms with Crippen LogP contribution < -0.4 is 10.2 Å². The second-order valence-electron chi connectivity index (χ2n) is 10.3. The first kappa shape index (κ1) is 23.8. The smallest absolute Gasteiger partial charge is 0.336 e. The number of carbonyl (C=O) groups is 2. The number of esters is 1. The molecule has 2 aliphatic rings. The summed E-state index contributed by atoms with van der Waals surface area (Å²) >= 11 is 0. The van der Waals surface area contributed by atoms with Gasteiger partial charge in [0.2, 0.25) is 0 Å². The van der Waals surface area contributed by atoms with E-state index in [2.05, 4.69) is 19.2 Å². The standard InChI is InChI=1S/C29H34N2O3/c1-19-25(28(33)34-16-15-20-9-7-6-8-10-20)26(21-11-13-22(14-12-21)31(4)5)27-23(30-19)17-29(2,3)18-24(27)32/h6-14,26,30H,15-18H2,1-5H3. The van der Waals surface area contributed by atoms with Crippen LogP contribution in [0.3, 0.4) is 0 Å². The van der Waals surface area contributed by atoms with Crippen molar-refractivity contribution in [3.8, 4) is 0 Å². The molecule has 2 aromatic rings. The third-order valence-corrected chi connectivity index (χ3v) is 6.67. The summed E-state index contributed by atoms with van der Waals surface area (Å²) in [5, 5.41) is 3.40. The maximum absolute atomic E-state index is 13.4. The Hall–Kier alpha value is -3.34. The van der Waals surface area contributed by atoms with Crippen LogP contribution in [-0.4, -0.2) is 32.5 Å². The lowest BCUT2D eigenvalue weighted by Crippen LogP contribution is -2.38. The van der Waals surface area contributed by atoms with Crippen molar-refractivity contribution >= 4 is 17.4 Å². The number of nitrogens with one attached hydrogen (secondary N) is 1. The van der Waals surface area contributed by atoms with Crippen LogP contribution in [0, 0.1) is 5.41 Å². The molecule has 0 aromatic heterocycles. The molecule has 0 amide bonds. The minimum absolute atomic E-state index is 0.0996. The topological polar surface area (TPSA) is 58.6 Å². The average molecular weight is 459 g/mol. The maximum Gasteiger partial charge on any atom is 0.336 e. The molecule has 5 nitrogen and oxygen atoms in total. The van der Waals surface area contributed by atoms with E-state index in [0.717, 1.165) is 34.6 Å². The minimum atomic E-state index is -0.430. The summed E-state index contributed by atoms with van der Waals surface area (Å²) in [7, 11) is 3.99. The van der Waals surface area contributed by atoms with Crippen molar-refractivity contribution in [2.45, 2.75) is 46.0 Å². The van der Waals surface area contributed by atoms with Crippen LogP contribution in [-0.2, 0) is 20.7 Å². The number of hydrogen-bond acceptors (Lipinski definition) is 5. The Bertz CT molecular complexity index is 1140. The van der Waals surface area contributed by atoms with Gasteiger partial charge in [-0.3, -0.25) is 4.79 Å². The van der Waals surface area contributed by atoms with E-state index in [1.54, 1.807) is 0 Å². The monoisotopic (exact) mass is 458 g/mol. The molecule has 0 saturated heterocycles. The molecule has 0 spiro atoms. The van der Waals surface area contributed by atoms with Gasteiger partial charge in [-0.25, -0.2) is 4.79 Å². The zero-order valence-corrected chi connectivity index (χ0v) is 20.8. The molecule has 0 fully saturated rings. The lowest BCUT2D eigenvalue weighted by Gasteiger charge is -2.39. The number of hydrogen-bond donors (Lipinski definition) is 1. The van der Waals surface area contributed by atoms with E-state index >= 15 is 0 Å². The zero-order valence-electron chi connectivity index (χ0n) is 20.8. The quantitative estimate of drug-likeness (QED) is 0.607. The lowest BCUT2D eigenvalue weighted by atomic mass is 9.68. The normalized spacial score (nSPS) is 19.4. The summed E-state index contributed by atoms with van der Waals surface area (Å²) in [5.41, 5.74) is 5.92. The van der Waals surface area contributed by atoms with Crippen LogP contribution >= 0.6 is 0 Å². The summed E-state index contributed by atoms with van der Waals surface area (Å²) in [5.74, 6) is -0.699. The van der Waals surface area contributed by atoms with Gasteiger partial charge in [-0.15, -0.1) is 0 Å². The van der Waals surface area contributed by atoms with Crippen LogP contribution in [0.15, 0.2) is 77.1 Å².